The normalized spacial score (nSPS) is 17.0. The summed E-state index contributed by atoms with van der Waals surface area (Å²) in [6.07, 6.45) is 3.74. The van der Waals surface area contributed by atoms with Crippen LogP contribution in [0, 0.1) is 0 Å². The molecule has 0 radical (unpaired) electrons. The predicted octanol–water partition coefficient (Wildman–Crippen LogP) is 1.57. The van der Waals surface area contributed by atoms with Crippen molar-refractivity contribution in [2.45, 2.75) is 38.3 Å². The Morgan fingerprint density at radius 2 is 2.08 bits per heavy atom. The lowest BCUT2D eigenvalue weighted by atomic mass is 10.1. The molecule has 1 aliphatic heterocycles. The van der Waals surface area contributed by atoms with Crippen molar-refractivity contribution in [2.24, 2.45) is 0 Å². The smallest absolute Gasteiger partial charge is 0.229 e. The lowest BCUT2D eigenvalue weighted by Crippen LogP contribution is -2.26. The van der Waals surface area contributed by atoms with Gasteiger partial charge in [-0.2, -0.15) is 0 Å². The van der Waals surface area contributed by atoms with Crippen molar-refractivity contribution >= 4 is 33.3 Å². The zero-order valence-electron chi connectivity index (χ0n) is 14.4. The van der Waals surface area contributed by atoms with Gasteiger partial charge in [0.25, 0.3) is 0 Å². The summed E-state index contributed by atoms with van der Waals surface area (Å²) in [7, 11) is 5.67. The predicted molar refractivity (Wildman–Crippen MR) is 96.6 cm³/mol. The number of hydrogen-bond donors (Lipinski definition) is 1. The average Bonchev–Trinajstić information content (AvgIpc) is 3.34. The van der Waals surface area contributed by atoms with Gasteiger partial charge in [-0.1, -0.05) is 0 Å². The highest BCUT2D eigenvalue weighted by Gasteiger charge is 2.31. The zero-order chi connectivity index (χ0) is 16.8. The number of carbonyl (C=O) groups is 1. The number of amides is 1. The number of nitrogens with one attached hydrogen (secondary N) is 1. The van der Waals surface area contributed by atoms with Crippen LogP contribution in [-0.2, 0) is 24.2 Å². The fourth-order valence-electron chi connectivity index (χ4n) is 3.21. The van der Waals surface area contributed by atoms with E-state index in [0.29, 0.717) is 11.9 Å². The highest BCUT2D eigenvalue weighted by Crippen LogP contribution is 2.40. The minimum absolute atomic E-state index is 0.0392. The molecule has 2 aromatic rings. The van der Waals surface area contributed by atoms with Gasteiger partial charge in [-0.3, -0.25) is 4.79 Å². The Morgan fingerprint density at radius 1 is 1.29 bits per heavy atom. The fourth-order valence-corrected chi connectivity index (χ4v) is 4.41. The van der Waals surface area contributed by atoms with E-state index in [1.165, 1.54) is 28.7 Å². The van der Waals surface area contributed by atoms with Crippen molar-refractivity contribution in [1.29, 1.82) is 0 Å². The topological polar surface area (TPSA) is 61.4 Å². The molecular weight excluding hydrogens is 322 g/mol. The van der Waals surface area contributed by atoms with Crippen molar-refractivity contribution in [3.63, 3.8) is 0 Å². The largest absolute Gasteiger partial charge is 0.356 e. The molecule has 0 aromatic carbocycles. The van der Waals surface area contributed by atoms with Crippen molar-refractivity contribution in [3.05, 3.63) is 16.3 Å². The molecule has 0 unspecified atom stereocenters. The second-order valence-electron chi connectivity index (χ2n) is 6.88. The summed E-state index contributed by atoms with van der Waals surface area (Å²) in [6.45, 7) is 1.92. The van der Waals surface area contributed by atoms with Gasteiger partial charge in [0.2, 0.25) is 5.91 Å². The van der Waals surface area contributed by atoms with E-state index < -0.39 is 0 Å². The number of nitrogens with zero attached hydrogens (tertiary/aromatic N) is 4. The monoisotopic (exact) mass is 345 g/mol. The van der Waals surface area contributed by atoms with Crippen LogP contribution in [0.1, 0.15) is 29.1 Å². The highest BCUT2D eigenvalue weighted by atomic mass is 32.1. The van der Waals surface area contributed by atoms with Crippen molar-refractivity contribution in [3.8, 4) is 0 Å². The van der Waals surface area contributed by atoms with Crippen molar-refractivity contribution in [2.75, 3.05) is 32.6 Å². The number of rotatable bonds is 4. The van der Waals surface area contributed by atoms with Crippen molar-refractivity contribution in [1.82, 2.24) is 20.2 Å². The van der Waals surface area contributed by atoms with Crippen LogP contribution in [0.15, 0.2) is 0 Å². The van der Waals surface area contributed by atoms with Gasteiger partial charge in [-0.15, -0.1) is 11.3 Å². The Kier molecular flexibility index (Phi) is 3.92. The zero-order valence-corrected chi connectivity index (χ0v) is 15.2. The highest BCUT2D eigenvalue weighted by molar-refractivity contribution is 7.19. The molecule has 0 atom stereocenters. The van der Waals surface area contributed by atoms with Crippen LogP contribution in [0.4, 0.5) is 5.82 Å². The molecular formula is C17H23N5OS. The molecule has 3 heterocycles. The fraction of sp³-hybridized carbons (Fsp3) is 0.588. The number of hydrogen-bond acceptors (Lipinski definition) is 6. The lowest BCUT2D eigenvalue weighted by Gasteiger charge is -2.21. The summed E-state index contributed by atoms with van der Waals surface area (Å²) in [5.41, 5.74) is 1.40. The molecule has 7 heteroatoms. The Hall–Kier alpha value is -1.73. The standard InChI is InChI=1S/C17H23N5OS/c1-21(2)14(23)8-13-19-16(22(3)10-4-5-10)15-11-6-7-18-9-12(11)24-17(15)20-13/h10,18H,4-9H2,1-3H3. The van der Waals surface area contributed by atoms with Crippen LogP contribution in [-0.4, -0.2) is 54.5 Å². The molecule has 1 aliphatic carbocycles. The van der Waals surface area contributed by atoms with Gasteiger partial charge in [0.05, 0.1) is 11.8 Å². The molecule has 1 fully saturated rings. The van der Waals surface area contributed by atoms with Crippen LogP contribution >= 0.6 is 11.3 Å². The minimum atomic E-state index is 0.0392. The van der Waals surface area contributed by atoms with E-state index in [0.717, 1.165) is 30.2 Å². The SMILES string of the molecule is CN(C)C(=O)Cc1nc(N(C)C2CC2)c2c3c(sc2n1)CNCC3. The number of carbonyl (C=O) groups excluding carboxylic acids is 1. The summed E-state index contributed by atoms with van der Waals surface area (Å²) in [5, 5.41) is 4.65. The van der Waals surface area contributed by atoms with Crippen LogP contribution < -0.4 is 10.2 Å². The third-order valence-corrected chi connectivity index (χ3v) is 5.96. The summed E-state index contributed by atoms with van der Waals surface area (Å²) >= 11 is 1.75. The van der Waals surface area contributed by atoms with Gasteiger partial charge in [-0.25, -0.2) is 9.97 Å². The van der Waals surface area contributed by atoms with E-state index in [1.807, 2.05) is 0 Å². The first-order valence-corrected chi connectivity index (χ1v) is 9.31. The molecule has 0 spiro atoms. The maximum absolute atomic E-state index is 12.1. The van der Waals surface area contributed by atoms with Gasteiger partial charge in [0.15, 0.2) is 0 Å². The summed E-state index contributed by atoms with van der Waals surface area (Å²) in [4.78, 5) is 27.9. The second kappa shape index (κ2) is 5.97. The van der Waals surface area contributed by atoms with Crippen LogP contribution in [0.3, 0.4) is 0 Å². The average molecular weight is 345 g/mol. The number of thiophene rings is 1. The van der Waals surface area contributed by atoms with Gasteiger partial charge in [0, 0.05) is 38.6 Å². The summed E-state index contributed by atoms with van der Waals surface area (Å²) in [6, 6.07) is 0.581. The maximum Gasteiger partial charge on any atom is 0.229 e. The molecule has 0 bridgehead atoms. The molecule has 4 rings (SSSR count). The van der Waals surface area contributed by atoms with E-state index in [-0.39, 0.29) is 12.3 Å². The number of likely N-dealkylation sites (N-methyl/N-ethyl adjacent to an activating group) is 1. The van der Waals surface area contributed by atoms with E-state index in [2.05, 4.69) is 17.3 Å². The molecule has 1 amide bonds. The van der Waals surface area contributed by atoms with Gasteiger partial charge >= 0.3 is 0 Å². The molecule has 24 heavy (non-hydrogen) atoms. The molecule has 1 saturated carbocycles. The van der Waals surface area contributed by atoms with Gasteiger partial charge < -0.3 is 15.1 Å². The first kappa shape index (κ1) is 15.8. The van der Waals surface area contributed by atoms with Gasteiger partial charge in [0.1, 0.15) is 16.5 Å². The Morgan fingerprint density at radius 3 is 2.79 bits per heavy atom. The number of anilines is 1. The van der Waals surface area contributed by atoms with E-state index in [9.17, 15) is 4.79 Å². The number of aromatic nitrogens is 2. The third kappa shape index (κ3) is 2.75. The van der Waals surface area contributed by atoms with Crippen LogP contribution in [0.25, 0.3) is 10.2 Å². The first-order chi connectivity index (χ1) is 11.5. The number of fused-ring (bicyclic) bond motifs is 3. The molecule has 2 aromatic heterocycles. The van der Waals surface area contributed by atoms with E-state index in [4.69, 9.17) is 9.97 Å². The van der Waals surface area contributed by atoms with E-state index in [1.54, 1.807) is 30.3 Å². The molecule has 1 N–H and O–H groups in total. The summed E-state index contributed by atoms with van der Waals surface area (Å²) in [5.74, 6) is 1.69. The third-order valence-electron chi connectivity index (χ3n) is 4.84. The summed E-state index contributed by atoms with van der Waals surface area (Å²) < 4.78 is 0. The Labute approximate surface area is 145 Å². The maximum atomic E-state index is 12.1. The molecule has 128 valence electrons. The van der Waals surface area contributed by atoms with Crippen molar-refractivity contribution < 1.29 is 4.79 Å². The Bertz CT molecular complexity index is 796. The molecule has 0 saturated heterocycles. The quantitative estimate of drug-likeness (QED) is 0.911. The Balaban J connectivity index is 1.83. The van der Waals surface area contributed by atoms with E-state index >= 15 is 0 Å². The van der Waals surface area contributed by atoms with Crippen LogP contribution in [0.5, 0.6) is 0 Å². The molecule has 6 nitrogen and oxygen atoms in total. The van der Waals surface area contributed by atoms with Crippen LogP contribution in [0.2, 0.25) is 0 Å². The van der Waals surface area contributed by atoms with Gasteiger partial charge in [-0.05, 0) is 31.4 Å². The first-order valence-electron chi connectivity index (χ1n) is 8.49. The molecule has 2 aliphatic rings. The lowest BCUT2D eigenvalue weighted by molar-refractivity contribution is -0.128. The second-order valence-corrected chi connectivity index (χ2v) is 7.96. The minimum Gasteiger partial charge on any atom is -0.356 e.